The van der Waals surface area contributed by atoms with Crippen molar-refractivity contribution < 1.29 is 23.2 Å². The number of urea groups is 1. The largest absolute Gasteiger partial charge is 0.325 e. The van der Waals surface area contributed by atoms with Gasteiger partial charge >= 0.3 is 6.03 Å². The first-order chi connectivity index (χ1) is 13.3. The fraction of sp³-hybridized carbons (Fsp3) is 0.286. The maximum atomic E-state index is 13.4. The van der Waals surface area contributed by atoms with Gasteiger partial charge in [-0.1, -0.05) is 18.2 Å². The van der Waals surface area contributed by atoms with E-state index in [2.05, 4.69) is 5.32 Å². The van der Waals surface area contributed by atoms with Crippen molar-refractivity contribution in [3.05, 3.63) is 70.3 Å². The number of rotatable bonds is 4. The number of hydrogen-bond donors (Lipinski definition) is 1. The molecule has 5 nitrogen and oxygen atoms in total. The zero-order valence-corrected chi connectivity index (χ0v) is 15.2. The summed E-state index contributed by atoms with van der Waals surface area (Å²) >= 11 is 0. The number of carbonyl (C=O) groups is 3. The Morgan fingerprint density at radius 1 is 1.07 bits per heavy atom. The normalized spacial score (nSPS) is 21.0. The lowest BCUT2D eigenvalue weighted by atomic mass is 9.89. The Morgan fingerprint density at radius 3 is 2.57 bits per heavy atom. The van der Waals surface area contributed by atoms with E-state index >= 15 is 0 Å². The minimum absolute atomic E-state index is 0.106. The van der Waals surface area contributed by atoms with Crippen LogP contribution in [0.5, 0.6) is 0 Å². The second-order valence-electron chi connectivity index (χ2n) is 7.34. The molecule has 0 aromatic heterocycles. The van der Waals surface area contributed by atoms with E-state index in [9.17, 15) is 23.2 Å². The van der Waals surface area contributed by atoms with Crippen molar-refractivity contribution in [3.8, 4) is 0 Å². The molecule has 0 radical (unpaired) electrons. The van der Waals surface area contributed by atoms with E-state index in [0.29, 0.717) is 5.56 Å². The molecule has 0 saturated carbocycles. The van der Waals surface area contributed by atoms with Gasteiger partial charge in [-0.25, -0.2) is 13.6 Å². The van der Waals surface area contributed by atoms with Crippen molar-refractivity contribution >= 4 is 17.7 Å². The van der Waals surface area contributed by atoms with Crippen LogP contribution in [-0.4, -0.2) is 29.2 Å². The quantitative estimate of drug-likeness (QED) is 0.651. The lowest BCUT2D eigenvalue weighted by Gasteiger charge is -2.23. The van der Waals surface area contributed by atoms with Crippen molar-refractivity contribution in [1.82, 2.24) is 10.2 Å². The molecule has 7 heteroatoms. The van der Waals surface area contributed by atoms with Gasteiger partial charge < -0.3 is 5.32 Å². The monoisotopic (exact) mass is 384 g/mol. The number of imide groups is 1. The van der Waals surface area contributed by atoms with E-state index in [1.807, 2.05) is 18.2 Å². The summed E-state index contributed by atoms with van der Waals surface area (Å²) in [7, 11) is 0. The van der Waals surface area contributed by atoms with Crippen LogP contribution in [0.3, 0.4) is 0 Å². The van der Waals surface area contributed by atoms with E-state index in [1.54, 1.807) is 6.92 Å². The van der Waals surface area contributed by atoms with Crippen molar-refractivity contribution in [2.75, 3.05) is 6.54 Å². The summed E-state index contributed by atoms with van der Waals surface area (Å²) in [6, 6.07) is 7.75. The number of aryl methyl sites for hydroxylation is 2. The van der Waals surface area contributed by atoms with Crippen LogP contribution in [0.4, 0.5) is 13.6 Å². The van der Waals surface area contributed by atoms with Gasteiger partial charge in [0.15, 0.2) is 17.4 Å². The van der Waals surface area contributed by atoms with Crippen LogP contribution in [0.2, 0.25) is 0 Å². The second kappa shape index (κ2) is 6.51. The van der Waals surface area contributed by atoms with Crippen LogP contribution in [0, 0.1) is 11.6 Å². The fourth-order valence-corrected chi connectivity index (χ4v) is 3.82. The van der Waals surface area contributed by atoms with Gasteiger partial charge in [-0.05, 0) is 61.1 Å². The molecule has 1 N–H and O–H groups in total. The molecule has 1 aliphatic heterocycles. The summed E-state index contributed by atoms with van der Waals surface area (Å²) in [5.74, 6) is -3.44. The van der Waals surface area contributed by atoms with Gasteiger partial charge in [0.2, 0.25) is 0 Å². The van der Waals surface area contributed by atoms with Gasteiger partial charge in [-0.15, -0.1) is 0 Å². The van der Waals surface area contributed by atoms with Gasteiger partial charge in [0.1, 0.15) is 5.54 Å². The van der Waals surface area contributed by atoms with Crippen LogP contribution in [0.25, 0.3) is 0 Å². The molecule has 1 fully saturated rings. The number of amides is 3. The number of hydrogen-bond acceptors (Lipinski definition) is 3. The SMILES string of the molecule is C[C@@]1(c2ccc3c(c2)CCC3)NC(=O)N(CC(=O)c2ccc(F)c(F)c2)C1=O. The van der Waals surface area contributed by atoms with E-state index in [0.717, 1.165) is 47.9 Å². The van der Waals surface area contributed by atoms with Crippen LogP contribution < -0.4 is 5.32 Å². The zero-order chi connectivity index (χ0) is 20.1. The Hall–Kier alpha value is -3.09. The van der Waals surface area contributed by atoms with Gasteiger partial charge in [0, 0.05) is 5.56 Å². The third-order valence-corrected chi connectivity index (χ3v) is 5.49. The topological polar surface area (TPSA) is 66.5 Å². The minimum atomic E-state index is -1.27. The summed E-state index contributed by atoms with van der Waals surface area (Å²) in [6.07, 6.45) is 2.99. The highest BCUT2D eigenvalue weighted by atomic mass is 19.2. The van der Waals surface area contributed by atoms with Gasteiger partial charge in [0.25, 0.3) is 5.91 Å². The molecule has 3 amide bonds. The standard InChI is InChI=1S/C21H18F2N2O3/c1-21(15-7-5-12-3-2-4-13(12)9-15)19(27)25(20(28)24-21)11-18(26)14-6-8-16(22)17(23)10-14/h5-10H,2-4,11H2,1H3,(H,24,28)/t21-/m0/s1. The lowest BCUT2D eigenvalue weighted by molar-refractivity contribution is -0.130. The van der Waals surface area contributed by atoms with E-state index in [-0.39, 0.29) is 5.56 Å². The average molecular weight is 384 g/mol. The first-order valence-electron chi connectivity index (χ1n) is 9.04. The minimum Gasteiger partial charge on any atom is -0.319 e. The number of Topliss-reactive ketones (excluding diaryl/α,β-unsaturated/α-hetero) is 1. The third-order valence-electron chi connectivity index (χ3n) is 5.49. The first-order valence-corrected chi connectivity index (χ1v) is 9.04. The van der Waals surface area contributed by atoms with Gasteiger partial charge in [0.05, 0.1) is 6.54 Å². The van der Waals surface area contributed by atoms with Crippen molar-refractivity contribution in [2.45, 2.75) is 31.7 Å². The highest BCUT2D eigenvalue weighted by Crippen LogP contribution is 2.32. The maximum Gasteiger partial charge on any atom is 0.325 e. The third kappa shape index (κ3) is 2.87. The summed E-state index contributed by atoms with van der Waals surface area (Å²) in [5, 5.41) is 2.67. The predicted molar refractivity (Wildman–Crippen MR) is 96.8 cm³/mol. The highest BCUT2D eigenvalue weighted by molar-refractivity contribution is 6.11. The molecule has 2 aromatic carbocycles. The molecule has 28 heavy (non-hydrogen) atoms. The molecular weight excluding hydrogens is 366 g/mol. The second-order valence-corrected chi connectivity index (χ2v) is 7.34. The molecule has 0 bridgehead atoms. The molecule has 2 aliphatic rings. The maximum absolute atomic E-state index is 13.4. The summed E-state index contributed by atoms with van der Waals surface area (Å²) < 4.78 is 26.4. The molecule has 0 spiro atoms. The van der Waals surface area contributed by atoms with Crippen LogP contribution in [0.15, 0.2) is 36.4 Å². The first kappa shape index (κ1) is 18.3. The van der Waals surface area contributed by atoms with Gasteiger partial charge in [-0.3, -0.25) is 14.5 Å². The number of ketones is 1. The molecular formula is C21H18F2N2O3. The zero-order valence-electron chi connectivity index (χ0n) is 15.2. The van der Waals surface area contributed by atoms with Crippen molar-refractivity contribution in [2.24, 2.45) is 0 Å². The Kier molecular flexibility index (Phi) is 4.25. The van der Waals surface area contributed by atoms with Crippen LogP contribution in [0.1, 0.15) is 40.4 Å². The predicted octanol–water partition coefficient (Wildman–Crippen LogP) is 3.10. The number of carbonyl (C=O) groups excluding carboxylic acids is 3. The number of halogens is 2. The van der Waals surface area contributed by atoms with Gasteiger partial charge in [-0.2, -0.15) is 0 Å². The smallest absolute Gasteiger partial charge is 0.319 e. The summed E-state index contributed by atoms with van der Waals surface area (Å²) in [5.41, 5.74) is 1.69. The van der Waals surface area contributed by atoms with Crippen LogP contribution in [-0.2, 0) is 23.2 Å². The fourth-order valence-electron chi connectivity index (χ4n) is 3.82. The number of nitrogens with zero attached hydrogens (tertiary/aromatic N) is 1. The van der Waals surface area contributed by atoms with Crippen molar-refractivity contribution in [3.63, 3.8) is 0 Å². The molecule has 1 saturated heterocycles. The Balaban J connectivity index is 1.58. The Morgan fingerprint density at radius 2 is 1.82 bits per heavy atom. The molecule has 1 aliphatic carbocycles. The average Bonchev–Trinajstić information content (AvgIpc) is 3.22. The van der Waals surface area contributed by atoms with E-state index in [4.69, 9.17) is 0 Å². The van der Waals surface area contributed by atoms with E-state index in [1.165, 1.54) is 5.56 Å². The Labute approximate surface area is 160 Å². The molecule has 2 aromatic rings. The number of fused-ring (bicyclic) bond motifs is 1. The lowest BCUT2D eigenvalue weighted by Crippen LogP contribution is -2.41. The van der Waals surface area contributed by atoms with E-state index < -0.39 is 41.4 Å². The summed E-state index contributed by atoms with van der Waals surface area (Å²) in [6.45, 7) is 1.06. The molecule has 0 unspecified atom stereocenters. The Bertz CT molecular complexity index is 1020. The number of benzene rings is 2. The molecule has 144 valence electrons. The van der Waals surface area contributed by atoms with Crippen LogP contribution >= 0.6 is 0 Å². The highest BCUT2D eigenvalue weighted by Gasteiger charge is 2.49. The summed E-state index contributed by atoms with van der Waals surface area (Å²) in [4.78, 5) is 38.6. The number of nitrogens with one attached hydrogen (secondary N) is 1. The molecule has 4 rings (SSSR count). The van der Waals surface area contributed by atoms with Crippen molar-refractivity contribution in [1.29, 1.82) is 0 Å². The molecule has 1 atom stereocenters. The molecule has 1 heterocycles.